The number of anilines is 4. The molecule has 3 saturated heterocycles. The van der Waals surface area contributed by atoms with E-state index in [0.29, 0.717) is 82.5 Å². The van der Waals surface area contributed by atoms with Crippen molar-refractivity contribution in [1.29, 1.82) is 0 Å². The van der Waals surface area contributed by atoms with Crippen molar-refractivity contribution in [2.45, 2.75) is 63.6 Å². The standard InChI is InChI=1S/C33H37ClF6N8O3/c1-2-24-14-25(19-47(24)28-27(34)17-43-31(44-28)46-5-3-21(4-6-46)29(49)50)48(30-41-15-26(16-42-30)45-7-9-51-10-8-45)18-20-11-22(32(35,36)37)13-23(12-20)33(38,39)40/h11-13,15-17,21,24-25H,2-10,14,18-19H2,1H3,(H,49,50). The summed E-state index contributed by atoms with van der Waals surface area (Å²) < 4.78 is 88.4. The predicted molar refractivity (Wildman–Crippen MR) is 177 cm³/mol. The lowest BCUT2D eigenvalue weighted by molar-refractivity contribution is -0.144. The molecule has 11 nitrogen and oxygen atoms in total. The number of carboxylic acid groups (broad SMARTS) is 1. The average Bonchev–Trinajstić information content (AvgIpc) is 3.54. The minimum Gasteiger partial charge on any atom is -0.481 e. The maximum atomic E-state index is 13.8. The predicted octanol–water partition coefficient (Wildman–Crippen LogP) is 6.16. The van der Waals surface area contributed by atoms with Gasteiger partial charge in [-0.1, -0.05) is 18.5 Å². The second-order valence-corrected chi connectivity index (χ2v) is 13.3. The molecule has 0 bridgehead atoms. The smallest absolute Gasteiger partial charge is 0.416 e. The van der Waals surface area contributed by atoms with Gasteiger partial charge in [-0.05, 0) is 49.4 Å². The number of halogens is 7. The Balaban J connectivity index is 1.33. The van der Waals surface area contributed by atoms with Crippen molar-refractivity contribution < 1.29 is 41.0 Å². The van der Waals surface area contributed by atoms with E-state index in [1.807, 2.05) is 21.6 Å². The zero-order valence-electron chi connectivity index (χ0n) is 27.7. The van der Waals surface area contributed by atoms with E-state index in [9.17, 15) is 36.2 Å². The second kappa shape index (κ2) is 14.9. The van der Waals surface area contributed by atoms with Crippen molar-refractivity contribution in [2.24, 2.45) is 5.92 Å². The van der Waals surface area contributed by atoms with Crippen LogP contribution in [0.5, 0.6) is 0 Å². The van der Waals surface area contributed by atoms with Crippen LogP contribution in [-0.4, -0.2) is 89.0 Å². The molecule has 0 amide bonds. The third-order valence-corrected chi connectivity index (χ3v) is 9.94. The first-order valence-electron chi connectivity index (χ1n) is 16.7. The number of aliphatic carboxylic acids is 1. The minimum atomic E-state index is -5.00. The Bertz CT molecular complexity index is 1650. The first-order valence-corrected chi connectivity index (χ1v) is 17.1. The highest BCUT2D eigenvalue weighted by atomic mass is 35.5. The van der Waals surface area contributed by atoms with Gasteiger partial charge < -0.3 is 29.4 Å². The first-order chi connectivity index (χ1) is 24.2. The molecular formula is C33H37ClF6N8O3. The van der Waals surface area contributed by atoms with Gasteiger partial charge in [-0.3, -0.25) is 4.79 Å². The molecule has 3 aliphatic rings. The van der Waals surface area contributed by atoms with E-state index in [1.165, 1.54) is 6.20 Å². The Kier molecular flexibility index (Phi) is 10.7. The molecule has 2 unspecified atom stereocenters. The van der Waals surface area contributed by atoms with Crippen LogP contribution < -0.4 is 19.6 Å². The first kappa shape index (κ1) is 36.7. The Morgan fingerprint density at radius 3 is 2.14 bits per heavy atom. The summed E-state index contributed by atoms with van der Waals surface area (Å²) in [5, 5.41) is 9.67. The summed E-state index contributed by atoms with van der Waals surface area (Å²) in [6.45, 7) is 5.06. The van der Waals surface area contributed by atoms with E-state index in [0.717, 1.165) is 12.1 Å². The van der Waals surface area contributed by atoms with E-state index in [-0.39, 0.29) is 41.7 Å². The maximum absolute atomic E-state index is 13.8. The Morgan fingerprint density at radius 2 is 1.57 bits per heavy atom. The van der Waals surface area contributed by atoms with Crippen molar-refractivity contribution in [2.75, 3.05) is 65.5 Å². The highest BCUT2D eigenvalue weighted by Crippen LogP contribution is 2.39. The summed E-state index contributed by atoms with van der Waals surface area (Å²) in [5.74, 6) is -0.324. The monoisotopic (exact) mass is 742 g/mol. The van der Waals surface area contributed by atoms with E-state index >= 15 is 0 Å². The fourth-order valence-corrected chi connectivity index (χ4v) is 7.11. The number of nitrogens with zero attached hydrogens (tertiary/aromatic N) is 8. The number of carboxylic acids is 1. The van der Waals surface area contributed by atoms with Gasteiger partial charge in [0.25, 0.3) is 0 Å². The summed E-state index contributed by atoms with van der Waals surface area (Å²) >= 11 is 6.66. The third kappa shape index (κ3) is 8.35. The van der Waals surface area contributed by atoms with Crippen LogP contribution in [0.25, 0.3) is 0 Å². The van der Waals surface area contributed by atoms with Crippen LogP contribution in [0.3, 0.4) is 0 Å². The number of hydrogen-bond acceptors (Lipinski definition) is 10. The number of carbonyl (C=O) groups is 1. The molecule has 276 valence electrons. The van der Waals surface area contributed by atoms with Crippen molar-refractivity contribution in [3.8, 4) is 0 Å². The molecule has 1 aromatic carbocycles. The van der Waals surface area contributed by atoms with Crippen LogP contribution in [-0.2, 0) is 28.4 Å². The van der Waals surface area contributed by atoms with E-state index < -0.39 is 41.4 Å². The van der Waals surface area contributed by atoms with Gasteiger partial charge in [-0.2, -0.15) is 31.3 Å². The molecule has 3 fully saturated rings. The molecule has 3 aromatic rings. The minimum absolute atomic E-state index is 0.116. The van der Waals surface area contributed by atoms with Gasteiger partial charge in [-0.25, -0.2) is 15.0 Å². The molecule has 0 saturated carbocycles. The largest absolute Gasteiger partial charge is 0.481 e. The molecule has 5 heterocycles. The normalized spacial score (nSPS) is 20.6. The Morgan fingerprint density at radius 1 is 0.941 bits per heavy atom. The SMILES string of the molecule is CCC1CC(N(Cc2cc(C(F)(F)F)cc(C(F)(F)F)c2)c2ncc(N3CCOCC3)cn2)CN1c1nc(N2CCC(C(=O)O)CC2)ncc1Cl. The topological polar surface area (TPSA) is 111 Å². The Labute approximate surface area is 295 Å². The quantitative estimate of drug-likeness (QED) is 0.255. The van der Waals surface area contributed by atoms with Gasteiger partial charge in [0.15, 0.2) is 5.82 Å². The molecule has 3 aliphatic heterocycles. The molecule has 1 N–H and O–H groups in total. The molecule has 18 heteroatoms. The highest BCUT2D eigenvalue weighted by molar-refractivity contribution is 6.32. The molecule has 0 aliphatic carbocycles. The number of aromatic nitrogens is 4. The van der Waals surface area contributed by atoms with Gasteiger partial charge in [0, 0.05) is 45.3 Å². The van der Waals surface area contributed by atoms with Crippen LogP contribution in [0.4, 0.5) is 49.7 Å². The van der Waals surface area contributed by atoms with Gasteiger partial charge in [0.1, 0.15) is 5.02 Å². The summed E-state index contributed by atoms with van der Waals surface area (Å²) in [6.07, 6.45) is -3.38. The molecule has 0 radical (unpaired) electrons. The van der Waals surface area contributed by atoms with Gasteiger partial charge in [0.2, 0.25) is 11.9 Å². The molecule has 2 atom stereocenters. The van der Waals surface area contributed by atoms with Crippen LogP contribution in [0.15, 0.2) is 36.8 Å². The highest BCUT2D eigenvalue weighted by Gasteiger charge is 2.40. The second-order valence-electron chi connectivity index (χ2n) is 12.9. The van der Waals surface area contributed by atoms with Crippen molar-refractivity contribution in [3.05, 3.63) is 58.5 Å². The van der Waals surface area contributed by atoms with E-state index in [4.69, 9.17) is 21.3 Å². The van der Waals surface area contributed by atoms with Gasteiger partial charge in [0.05, 0.1) is 60.6 Å². The zero-order valence-corrected chi connectivity index (χ0v) is 28.4. The number of alkyl halides is 6. The zero-order chi connectivity index (χ0) is 36.5. The number of rotatable bonds is 9. The molecular weight excluding hydrogens is 706 g/mol. The summed E-state index contributed by atoms with van der Waals surface area (Å²) in [6, 6.07) is 0.958. The van der Waals surface area contributed by atoms with Gasteiger partial charge in [-0.15, -0.1) is 0 Å². The average molecular weight is 743 g/mol. The molecule has 0 spiro atoms. The number of benzene rings is 1. The number of piperidine rings is 1. The molecule has 6 rings (SSSR count). The van der Waals surface area contributed by atoms with Crippen molar-refractivity contribution >= 4 is 41.0 Å². The summed E-state index contributed by atoms with van der Waals surface area (Å²) in [5.41, 5.74) is -2.28. The van der Waals surface area contributed by atoms with Crippen LogP contribution >= 0.6 is 11.6 Å². The van der Waals surface area contributed by atoms with Crippen molar-refractivity contribution in [3.63, 3.8) is 0 Å². The molecule has 2 aromatic heterocycles. The van der Waals surface area contributed by atoms with Crippen molar-refractivity contribution in [1.82, 2.24) is 19.9 Å². The lowest BCUT2D eigenvalue weighted by atomic mass is 9.97. The lowest BCUT2D eigenvalue weighted by Gasteiger charge is -2.32. The fourth-order valence-electron chi connectivity index (χ4n) is 6.91. The van der Waals surface area contributed by atoms with Crippen LogP contribution in [0, 0.1) is 5.92 Å². The number of ether oxygens (including phenoxy) is 1. The number of hydrogen-bond donors (Lipinski definition) is 1. The van der Waals surface area contributed by atoms with Gasteiger partial charge >= 0.3 is 18.3 Å². The van der Waals surface area contributed by atoms with Crippen LogP contribution in [0.1, 0.15) is 49.3 Å². The van der Waals surface area contributed by atoms with Crippen LogP contribution in [0.2, 0.25) is 5.02 Å². The number of morpholine rings is 1. The third-order valence-electron chi connectivity index (χ3n) is 9.67. The summed E-state index contributed by atoms with van der Waals surface area (Å²) in [7, 11) is 0. The fraction of sp³-hybridized carbons (Fsp3) is 0.545. The van der Waals surface area contributed by atoms with E-state index in [1.54, 1.807) is 17.3 Å². The summed E-state index contributed by atoms with van der Waals surface area (Å²) in [4.78, 5) is 37.3. The Hall–Kier alpha value is -4.12. The lowest BCUT2D eigenvalue weighted by Crippen LogP contribution is -2.40. The van der Waals surface area contributed by atoms with E-state index in [2.05, 4.69) is 15.0 Å². The maximum Gasteiger partial charge on any atom is 0.416 e. The molecule has 51 heavy (non-hydrogen) atoms.